The number of aryl methyl sites for hydroxylation is 1. The lowest BCUT2D eigenvalue weighted by molar-refractivity contribution is 0.261. The predicted molar refractivity (Wildman–Crippen MR) is 62.0 cm³/mol. The van der Waals surface area contributed by atoms with E-state index in [1.807, 2.05) is 6.92 Å². The number of carbonyl (C=O) groups is 1. The van der Waals surface area contributed by atoms with Crippen molar-refractivity contribution in [3.8, 4) is 5.75 Å². The summed E-state index contributed by atoms with van der Waals surface area (Å²) in [4.78, 5) is 11.5. The van der Waals surface area contributed by atoms with Crippen LogP contribution in [0.2, 0.25) is 0 Å². The predicted octanol–water partition coefficient (Wildman–Crippen LogP) is 2.33. The first-order valence-corrected chi connectivity index (χ1v) is 4.93. The average Bonchev–Trinajstić information content (AvgIpc) is 2.76. The fourth-order valence-corrected chi connectivity index (χ4v) is 1.30. The molecule has 2 rings (SSSR count). The Labute approximate surface area is 97.2 Å². The first-order chi connectivity index (χ1) is 8.15. The third kappa shape index (κ3) is 2.75. The van der Waals surface area contributed by atoms with Gasteiger partial charge in [0.05, 0.1) is 11.9 Å². The number of hydrogen-bond acceptors (Lipinski definition) is 4. The largest absolute Gasteiger partial charge is 0.506 e. The molecule has 1 aromatic heterocycles. The van der Waals surface area contributed by atoms with Crippen molar-refractivity contribution in [3.05, 3.63) is 36.0 Å². The second-order valence-electron chi connectivity index (χ2n) is 3.48. The zero-order chi connectivity index (χ0) is 12.3. The smallest absolute Gasteiger partial charge is 0.326 e. The van der Waals surface area contributed by atoms with Gasteiger partial charge in [-0.05, 0) is 24.6 Å². The number of amides is 2. The van der Waals surface area contributed by atoms with Crippen LogP contribution in [-0.4, -0.2) is 16.3 Å². The zero-order valence-electron chi connectivity index (χ0n) is 9.10. The number of urea groups is 1. The van der Waals surface area contributed by atoms with Crippen LogP contribution in [0.15, 0.2) is 35.0 Å². The van der Waals surface area contributed by atoms with Crippen LogP contribution in [0.1, 0.15) is 5.56 Å². The van der Waals surface area contributed by atoms with Gasteiger partial charge >= 0.3 is 6.03 Å². The number of phenols is 1. The number of aromatic hydroxyl groups is 1. The molecule has 6 nitrogen and oxygen atoms in total. The number of hydrogen-bond donors (Lipinski definition) is 3. The van der Waals surface area contributed by atoms with Crippen molar-refractivity contribution in [1.82, 2.24) is 5.16 Å². The van der Waals surface area contributed by atoms with Crippen LogP contribution in [0.4, 0.5) is 16.4 Å². The summed E-state index contributed by atoms with van der Waals surface area (Å²) in [7, 11) is 0. The van der Waals surface area contributed by atoms with E-state index in [-0.39, 0.29) is 11.6 Å². The number of benzene rings is 1. The van der Waals surface area contributed by atoms with E-state index in [1.165, 1.54) is 18.3 Å². The Morgan fingerprint density at radius 3 is 2.88 bits per heavy atom. The summed E-state index contributed by atoms with van der Waals surface area (Å²) in [5.74, 6) is 0.234. The van der Waals surface area contributed by atoms with Crippen LogP contribution in [0.5, 0.6) is 5.75 Å². The summed E-state index contributed by atoms with van der Waals surface area (Å²) in [6.45, 7) is 1.86. The fourth-order valence-electron chi connectivity index (χ4n) is 1.30. The summed E-state index contributed by atoms with van der Waals surface area (Å²) in [5, 5.41) is 17.9. The Morgan fingerprint density at radius 2 is 2.18 bits per heavy atom. The molecule has 0 atom stereocenters. The van der Waals surface area contributed by atoms with Gasteiger partial charge in [-0.2, -0.15) is 0 Å². The molecule has 0 saturated heterocycles. The Hall–Kier alpha value is -2.50. The van der Waals surface area contributed by atoms with Crippen LogP contribution in [-0.2, 0) is 0 Å². The molecular weight excluding hydrogens is 222 g/mol. The molecule has 0 aliphatic rings. The van der Waals surface area contributed by atoms with Crippen molar-refractivity contribution >= 4 is 17.6 Å². The number of rotatable bonds is 2. The highest BCUT2D eigenvalue weighted by molar-refractivity contribution is 5.99. The molecule has 3 N–H and O–H groups in total. The van der Waals surface area contributed by atoms with Crippen LogP contribution in [0.3, 0.4) is 0 Å². The van der Waals surface area contributed by atoms with E-state index < -0.39 is 6.03 Å². The van der Waals surface area contributed by atoms with E-state index in [4.69, 9.17) is 4.52 Å². The van der Waals surface area contributed by atoms with E-state index in [1.54, 1.807) is 12.1 Å². The highest BCUT2D eigenvalue weighted by atomic mass is 16.5. The van der Waals surface area contributed by atoms with E-state index in [0.29, 0.717) is 5.69 Å². The first-order valence-electron chi connectivity index (χ1n) is 4.93. The molecule has 1 aromatic carbocycles. The van der Waals surface area contributed by atoms with Crippen molar-refractivity contribution in [3.63, 3.8) is 0 Å². The topological polar surface area (TPSA) is 87.4 Å². The molecule has 0 aliphatic heterocycles. The van der Waals surface area contributed by atoms with Crippen molar-refractivity contribution in [2.24, 2.45) is 0 Å². The lowest BCUT2D eigenvalue weighted by atomic mass is 10.2. The lowest BCUT2D eigenvalue weighted by Crippen LogP contribution is -2.19. The van der Waals surface area contributed by atoms with Gasteiger partial charge < -0.3 is 14.9 Å². The second-order valence-corrected chi connectivity index (χ2v) is 3.48. The molecule has 2 amide bonds. The Bertz CT molecular complexity index is 523. The number of nitrogens with one attached hydrogen (secondary N) is 2. The van der Waals surface area contributed by atoms with Gasteiger partial charge in [0.2, 0.25) is 5.88 Å². The molecule has 2 aromatic rings. The molecule has 0 fully saturated rings. The van der Waals surface area contributed by atoms with Gasteiger partial charge in [-0.25, -0.2) is 4.79 Å². The molecule has 0 unspecified atom stereocenters. The highest BCUT2D eigenvalue weighted by Crippen LogP contribution is 2.23. The van der Waals surface area contributed by atoms with Gasteiger partial charge in [-0.15, -0.1) is 0 Å². The molecule has 88 valence electrons. The number of phenolic OH excluding ortho intramolecular Hbond substituents is 1. The third-order valence-corrected chi connectivity index (χ3v) is 2.07. The zero-order valence-corrected chi connectivity index (χ0v) is 9.10. The van der Waals surface area contributed by atoms with Crippen LogP contribution in [0, 0.1) is 6.92 Å². The number of anilines is 2. The summed E-state index contributed by atoms with van der Waals surface area (Å²) in [5.41, 5.74) is 1.26. The molecule has 0 aliphatic carbocycles. The summed E-state index contributed by atoms with van der Waals surface area (Å²) in [6.07, 6.45) is 1.42. The normalized spacial score (nSPS) is 9.94. The Kier molecular flexibility index (Phi) is 2.95. The highest BCUT2D eigenvalue weighted by Gasteiger charge is 2.08. The minimum Gasteiger partial charge on any atom is -0.506 e. The van der Waals surface area contributed by atoms with E-state index in [2.05, 4.69) is 15.8 Å². The maximum atomic E-state index is 11.5. The van der Waals surface area contributed by atoms with E-state index in [9.17, 15) is 9.90 Å². The quantitative estimate of drug-likeness (QED) is 0.694. The SMILES string of the molecule is Cc1ccc(O)c(NC(=O)Nc2ccno2)c1. The molecule has 0 bridgehead atoms. The van der Waals surface area contributed by atoms with Gasteiger partial charge in [0.1, 0.15) is 5.75 Å². The van der Waals surface area contributed by atoms with Gasteiger partial charge in [-0.3, -0.25) is 5.32 Å². The fraction of sp³-hybridized carbons (Fsp3) is 0.0909. The Balaban J connectivity index is 2.05. The maximum Gasteiger partial charge on any atom is 0.326 e. The molecule has 17 heavy (non-hydrogen) atoms. The third-order valence-electron chi connectivity index (χ3n) is 2.07. The van der Waals surface area contributed by atoms with Crippen LogP contribution >= 0.6 is 0 Å². The minimum absolute atomic E-state index is 0.00307. The van der Waals surface area contributed by atoms with E-state index in [0.717, 1.165) is 5.56 Å². The van der Waals surface area contributed by atoms with Gasteiger partial charge in [0.15, 0.2) is 0 Å². The van der Waals surface area contributed by atoms with Gasteiger partial charge in [0.25, 0.3) is 0 Å². The van der Waals surface area contributed by atoms with Crippen molar-refractivity contribution in [1.29, 1.82) is 0 Å². The number of aromatic nitrogens is 1. The first kappa shape index (κ1) is 11.0. The molecule has 0 saturated carbocycles. The molecule has 6 heteroatoms. The van der Waals surface area contributed by atoms with Crippen LogP contribution in [0.25, 0.3) is 0 Å². The average molecular weight is 233 g/mol. The summed E-state index contributed by atoms with van der Waals surface area (Å²) in [6, 6.07) is 5.92. The Morgan fingerprint density at radius 1 is 1.35 bits per heavy atom. The van der Waals surface area contributed by atoms with Crippen molar-refractivity contribution < 1.29 is 14.4 Å². The van der Waals surface area contributed by atoms with Crippen LogP contribution < -0.4 is 10.6 Å². The van der Waals surface area contributed by atoms with Crippen molar-refractivity contribution in [2.45, 2.75) is 6.92 Å². The molecule has 1 heterocycles. The number of carbonyl (C=O) groups excluding carboxylic acids is 1. The second kappa shape index (κ2) is 4.56. The van der Waals surface area contributed by atoms with Crippen molar-refractivity contribution in [2.75, 3.05) is 10.6 Å². The lowest BCUT2D eigenvalue weighted by Gasteiger charge is -2.07. The molecule has 0 spiro atoms. The molecular formula is C11H11N3O3. The maximum absolute atomic E-state index is 11.5. The molecule has 0 radical (unpaired) electrons. The monoisotopic (exact) mass is 233 g/mol. The number of nitrogens with zero attached hydrogens (tertiary/aromatic N) is 1. The summed E-state index contributed by atoms with van der Waals surface area (Å²) < 4.78 is 4.71. The van der Waals surface area contributed by atoms with E-state index >= 15 is 0 Å². The summed E-state index contributed by atoms with van der Waals surface area (Å²) >= 11 is 0. The standard InChI is InChI=1S/C11H11N3O3/c1-7-2-3-9(15)8(6-7)13-11(16)14-10-4-5-12-17-10/h2-6,15H,1H3,(H2,13,14,16). The van der Waals surface area contributed by atoms with Gasteiger partial charge in [-0.1, -0.05) is 11.2 Å². The minimum atomic E-state index is -0.511. The van der Waals surface area contributed by atoms with Gasteiger partial charge in [0, 0.05) is 6.07 Å².